The van der Waals surface area contributed by atoms with Gasteiger partial charge in [0.15, 0.2) is 0 Å². The van der Waals surface area contributed by atoms with Crippen LogP contribution in [0.25, 0.3) is 0 Å². The van der Waals surface area contributed by atoms with Gasteiger partial charge in [-0.25, -0.2) is 4.98 Å². The van der Waals surface area contributed by atoms with Crippen molar-refractivity contribution in [2.45, 2.75) is 32.9 Å². The lowest BCUT2D eigenvalue weighted by atomic mass is 10.2. The molecular weight excluding hydrogens is 268 g/mol. The standard InChI is InChI=1S/C15H20N4O2/c1-3-13(19-10-6-9-18-19)14(20)17-11-12-7-5-8-16-15(12)21-4-2/h5-10,13H,3-4,11H2,1-2H3,(H,17,20). The molecule has 2 heterocycles. The number of nitrogens with one attached hydrogen (secondary N) is 1. The van der Waals surface area contributed by atoms with E-state index in [9.17, 15) is 4.79 Å². The van der Waals surface area contributed by atoms with Crippen LogP contribution in [0.5, 0.6) is 5.88 Å². The zero-order valence-corrected chi connectivity index (χ0v) is 12.3. The predicted molar refractivity (Wildman–Crippen MR) is 78.8 cm³/mol. The summed E-state index contributed by atoms with van der Waals surface area (Å²) in [6, 6.07) is 5.24. The second kappa shape index (κ2) is 7.42. The molecule has 6 heteroatoms. The van der Waals surface area contributed by atoms with E-state index in [0.29, 0.717) is 25.5 Å². The van der Waals surface area contributed by atoms with Crippen molar-refractivity contribution in [1.82, 2.24) is 20.1 Å². The van der Waals surface area contributed by atoms with Crippen molar-refractivity contribution in [1.29, 1.82) is 0 Å². The molecule has 2 aromatic rings. The van der Waals surface area contributed by atoms with Gasteiger partial charge in [0, 0.05) is 30.7 Å². The molecule has 6 nitrogen and oxygen atoms in total. The molecule has 0 bridgehead atoms. The van der Waals surface area contributed by atoms with E-state index in [1.54, 1.807) is 23.3 Å². The summed E-state index contributed by atoms with van der Waals surface area (Å²) in [6.07, 6.45) is 5.82. The number of carbonyl (C=O) groups excluding carboxylic acids is 1. The zero-order valence-electron chi connectivity index (χ0n) is 12.3. The highest BCUT2D eigenvalue weighted by Crippen LogP contribution is 2.15. The monoisotopic (exact) mass is 288 g/mol. The Kier molecular flexibility index (Phi) is 5.31. The summed E-state index contributed by atoms with van der Waals surface area (Å²) < 4.78 is 7.12. The summed E-state index contributed by atoms with van der Waals surface area (Å²) in [4.78, 5) is 16.5. The molecule has 0 aliphatic heterocycles. The van der Waals surface area contributed by atoms with E-state index in [4.69, 9.17) is 4.74 Å². The Bertz CT molecular complexity index is 569. The van der Waals surface area contributed by atoms with Gasteiger partial charge in [-0.15, -0.1) is 0 Å². The maximum absolute atomic E-state index is 12.3. The molecule has 0 aliphatic rings. The van der Waals surface area contributed by atoms with Crippen LogP contribution < -0.4 is 10.1 Å². The van der Waals surface area contributed by atoms with E-state index in [-0.39, 0.29) is 11.9 Å². The Hall–Kier alpha value is -2.37. The van der Waals surface area contributed by atoms with Gasteiger partial charge in [0.25, 0.3) is 0 Å². The van der Waals surface area contributed by atoms with E-state index in [0.717, 1.165) is 5.56 Å². The van der Waals surface area contributed by atoms with Crippen LogP contribution in [-0.2, 0) is 11.3 Å². The van der Waals surface area contributed by atoms with Crippen LogP contribution in [0.4, 0.5) is 0 Å². The van der Waals surface area contributed by atoms with Crippen LogP contribution >= 0.6 is 0 Å². The molecule has 0 saturated carbocycles. The molecule has 0 aliphatic carbocycles. The van der Waals surface area contributed by atoms with Gasteiger partial charge in [0.2, 0.25) is 11.8 Å². The largest absolute Gasteiger partial charge is 0.478 e. The number of carbonyl (C=O) groups is 1. The van der Waals surface area contributed by atoms with E-state index in [1.807, 2.05) is 32.0 Å². The van der Waals surface area contributed by atoms with E-state index >= 15 is 0 Å². The van der Waals surface area contributed by atoms with Crippen LogP contribution in [0, 0.1) is 0 Å². The number of ether oxygens (including phenoxy) is 1. The molecule has 2 rings (SSSR count). The topological polar surface area (TPSA) is 69.0 Å². The summed E-state index contributed by atoms with van der Waals surface area (Å²) in [5, 5.41) is 7.05. The van der Waals surface area contributed by atoms with Crippen LogP contribution in [0.3, 0.4) is 0 Å². The van der Waals surface area contributed by atoms with Crippen molar-refractivity contribution in [2.24, 2.45) is 0 Å². The van der Waals surface area contributed by atoms with Crippen LogP contribution in [0.15, 0.2) is 36.8 Å². The van der Waals surface area contributed by atoms with Gasteiger partial charge in [-0.05, 0) is 25.5 Å². The maximum atomic E-state index is 12.3. The number of amides is 1. The highest BCUT2D eigenvalue weighted by atomic mass is 16.5. The maximum Gasteiger partial charge on any atom is 0.245 e. The van der Waals surface area contributed by atoms with Crippen LogP contribution in [-0.4, -0.2) is 27.3 Å². The second-order valence-electron chi connectivity index (χ2n) is 4.53. The molecule has 1 unspecified atom stereocenters. The third-order valence-electron chi connectivity index (χ3n) is 3.12. The van der Waals surface area contributed by atoms with Gasteiger partial charge in [-0.2, -0.15) is 5.10 Å². The van der Waals surface area contributed by atoms with Gasteiger partial charge in [0.1, 0.15) is 6.04 Å². The number of aromatic nitrogens is 3. The molecule has 1 amide bonds. The summed E-state index contributed by atoms with van der Waals surface area (Å²) in [6.45, 7) is 4.80. The fraction of sp³-hybridized carbons (Fsp3) is 0.400. The lowest BCUT2D eigenvalue weighted by Gasteiger charge is -2.16. The van der Waals surface area contributed by atoms with Gasteiger partial charge >= 0.3 is 0 Å². The third-order valence-corrected chi connectivity index (χ3v) is 3.12. The molecular formula is C15H20N4O2. The Balaban J connectivity index is 2.00. The molecule has 1 N–H and O–H groups in total. The normalized spacial score (nSPS) is 11.9. The summed E-state index contributed by atoms with van der Waals surface area (Å²) in [5.41, 5.74) is 0.864. The van der Waals surface area contributed by atoms with E-state index in [1.165, 1.54) is 0 Å². The molecule has 112 valence electrons. The molecule has 0 saturated heterocycles. The van der Waals surface area contributed by atoms with Crippen LogP contribution in [0.2, 0.25) is 0 Å². The van der Waals surface area contributed by atoms with Gasteiger partial charge in [-0.1, -0.05) is 13.0 Å². The highest BCUT2D eigenvalue weighted by Gasteiger charge is 2.18. The predicted octanol–water partition coefficient (Wildman–Crippen LogP) is 1.94. The van der Waals surface area contributed by atoms with Gasteiger partial charge in [0.05, 0.1) is 6.61 Å². The van der Waals surface area contributed by atoms with Gasteiger partial charge < -0.3 is 10.1 Å². The fourth-order valence-corrected chi connectivity index (χ4v) is 2.08. The number of nitrogens with zero attached hydrogens (tertiary/aromatic N) is 3. The summed E-state index contributed by atoms with van der Waals surface area (Å²) in [5.74, 6) is 0.500. The average Bonchev–Trinajstić information content (AvgIpc) is 3.01. The Morgan fingerprint density at radius 2 is 2.24 bits per heavy atom. The minimum atomic E-state index is -0.299. The Labute approximate surface area is 124 Å². The molecule has 0 radical (unpaired) electrons. The molecule has 0 aromatic carbocycles. The number of hydrogen-bond acceptors (Lipinski definition) is 4. The molecule has 1 atom stereocenters. The quantitative estimate of drug-likeness (QED) is 0.845. The number of rotatable bonds is 7. The molecule has 2 aromatic heterocycles. The van der Waals surface area contributed by atoms with Crippen molar-refractivity contribution < 1.29 is 9.53 Å². The second-order valence-corrected chi connectivity index (χ2v) is 4.53. The lowest BCUT2D eigenvalue weighted by molar-refractivity contribution is -0.124. The summed E-state index contributed by atoms with van der Waals surface area (Å²) >= 11 is 0. The van der Waals surface area contributed by atoms with E-state index < -0.39 is 0 Å². The lowest BCUT2D eigenvalue weighted by Crippen LogP contribution is -2.32. The minimum absolute atomic E-state index is 0.0625. The van der Waals surface area contributed by atoms with Crippen molar-refractivity contribution in [3.8, 4) is 5.88 Å². The third kappa shape index (κ3) is 3.81. The number of hydrogen-bond donors (Lipinski definition) is 1. The fourth-order valence-electron chi connectivity index (χ4n) is 2.08. The van der Waals surface area contributed by atoms with Crippen molar-refractivity contribution in [2.75, 3.05) is 6.61 Å². The van der Waals surface area contributed by atoms with Crippen molar-refractivity contribution in [3.63, 3.8) is 0 Å². The molecule has 0 spiro atoms. The van der Waals surface area contributed by atoms with Crippen molar-refractivity contribution >= 4 is 5.91 Å². The average molecular weight is 288 g/mol. The zero-order chi connectivity index (χ0) is 15.1. The highest BCUT2D eigenvalue weighted by molar-refractivity contribution is 5.80. The van der Waals surface area contributed by atoms with Gasteiger partial charge in [-0.3, -0.25) is 9.48 Å². The smallest absolute Gasteiger partial charge is 0.245 e. The first-order valence-corrected chi connectivity index (χ1v) is 7.09. The van der Waals surface area contributed by atoms with E-state index in [2.05, 4.69) is 15.4 Å². The molecule has 0 fully saturated rings. The first-order valence-electron chi connectivity index (χ1n) is 7.09. The Morgan fingerprint density at radius 1 is 1.38 bits per heavy atom. The molecule has 21 heavy (non-hydrogen) atoms. The SMILES string of the molecule is CCOc1ncccc1CNC(=O)C(CC)n1cccn1. The summed E-state index contributed by atoms with van der Waals surface area (Å²) in [7, 11) is 0. The first kappa shape index (κ1) is 15.0. The van der Waals surface area contributed by atoms with Crippen molar-refractivity contribution in [3.05, 3.63) is 42.4 Å². The minimum Gasteiger partial charge on any atom is -0.478 e. The number of pyridine rings is 1. The first-order chi connectivity index (χ1) is 10.3. The Morgan fingerprint density at radius 3 is 2.90 bits per heavy atom. The van der Waals surface area contributed by atoms with Crippen LogP contribution in [0.1, 0.15) is 31.9 Å².